The van der Waals surface area contributed by atoms with Gasteiger partial charge in [0.15, 0.2) is 0 Å². The van der Waals surface area contributed by atoms with E-state index in [0.29, 0.717) is 0 Å². The summed E-state index contributed by atoms with van der Waals surface area (Å²) in [7, 11) is 50.0. The highest BCUT2D eigenvalue weighted by molar-refractivity contribution is 6.76. The number of rotatable bonds is 3. The van der Waals surface area contributed by atoms with Crippen molar-refractivity contribution in [2.75, 3.05) is 0 Å². The molecule has 0 aliphatic heterocycles. The first-order chi connectivity index (χ1) is 30.6. The molecule has 0 saturated heterocycles. The van der Waals surface area contributed by atoms with E-state index in [4.69, 9.17) is 0 Å². The average Bonchev–Trinajstić information content (AvgIpc) is 3.29. The molecule has 9 aromatic carbocycles. The number of hydrogen-bond donors (Lipinski definition) is 0. The van der Waals surface area contributed by atoms with Gasteiger partial charge in [-0.05, 0) is 93.3 Å². The van der Waals surface area contributed by atoms with Gasteiger partial charge < -0.3 is 0 Å². The highest BCUT2D eigenvalue weighted by Crippen LogP contribution is 2.40. The molecule has 9 aromatic rings. The summed E-state index contributed by atoms with van der Waals surface area (Å²) in [5, 5.41) is 13.9. The van der Waals surface area contributed by atoms with Gasteiger partial charge in [0.2, 0.25) is 0 Å². The summed E-state index contributed by atoms with van der Waals surface area (Å²) in [6, 6.07) is 16.0. The Bertz CT molecular complexity index is 3650. The Kier molecular flexibility index (Phi) is 11.2. The van der Waals surface area contributed by atoms with Crippen LogP contribution in [0.15, 0.2) is 42.5 Å². The minimum atomic E-state index is 1.28. The van der Waals surface area contributed by atoms with Crippen LogP contribution in [0.4, 0.5) is 0 Å². The SMILES string of the molecule is Bc1c(B)c(B)c2c(B)c(-c3c(B)c(B)c4c(B)c(-c5c6c(B)c(B)c(B)c(B)c6c(-c6ccc7ccccc7c6)c6c(B)c(B)c(B)c(B)c56)c(B)c(B)c4c3B)c(B)c(B)c2c1B. The zero-order chi connectivity index (χ0) is 47.3. The second-order valence-electron chi connectivity index (χ2n) is 20.6. The van der Waals surface area contributed by atoms with Gasteiger partial charge in [-0.25, -0.2) is 0 Å². The second-order valence-corrected chi connectivity index (χ2v) is 20.6. The maximum atomic E-state index is 2.45. The summed E-state index contributed by atoms with van der Waals surface area (Å²) in [5.74, 6) is 0. The van der Waals surface area contributed by atoms with E-state index >= 15 is 0 Å². The lowest BCUT2D eigenvalue weighted by atomic mass is 9.55. The van der Waals surface area contributed by atoms with E-state index < -0.39 is 0 Å². The molecule has 21 heteroatoms. The second kappa shape index (κ2) is 15.9. The Balaban J connectivity index is 1.50. The first-order valence-electron chi connectivity index (χ1n) is 24.1. The zero-order valence-electron chi connectivity index (χ0n) is 43.5. The van der Waals surface area contributed by atoms with Gasteiger partial charge in [-0.3, -0.25) is 0 Å². The van der Waals surface area contributed by atoms with E-state index in [-0.39, 0.29) is 0 Å². The van der Waals surface area contributed by atoms with Crippen molar-refractivity contribution in [3.8, 4) is 33.4 Å². The van der Waals surface area contributed by atoms with Gasteiger partial charge >= 0.3 is 0 Å². The summed E-state index contributed by atoms with van der Waals surface area (Å²) in [4.78, 5) is 0. The highest BCUT2D eigenvalue weighted by Gasteiger charge is 2.29. The molecule has 0 bridgehead atoms. The van der Waals surface area contributed by atoms with Crippen LogP contribution in [0.2, 0.25) is 0 Å². The first kappa shape index (κ1) is 45.8. The smallest absolute Gasteiger partial charge is 0.101 e. The van der Waals surface area contributed by atoms with E-state index in [1.807, 2.05) is 0 Å². The minimum Gasteiger partial charge on any atom is -0.101 e. The number of hydrogen-bond acceptors (Lipinski definition) is 0. The fourth-order valence-electron chi connectivity index (χ4n) is 13.0. The summed E-state index contributed by atoms with van der Waals surface area (Å²) >= 11 is 0. The predicted octanol–water partition coefficient (Wildman–Crippen LogP) is -24.1. The third kappa shape index (κ3) is 6.14. The molecule has 288 valence electrons. The molecule has 0 aliphatic carbocycles. The van der Waals surface area contributed by atoms with Crippen LogP contribution in [0.5, 0.6) is 0 Å². The van der Waals surface area contributed by atoms with Gasteiger partial charge in [0.1, 0.15) is 165 Å². The van der Waals surface area contributed by atoms with Gasteiger partial charge in [-0.15, -0.1) is 32.8 Å². The molecular formula is C44H49B21. The van der Waals surface area contributed by atoms with Crippen LogP contribution in [0.25, 0.3) is 87.2 Å². The number of benzene rings is 9. The van der Waals surface area contributed by atoms with Crippen LogP contribution in [-0.2, 0) is 0 Å². The lowest BCUT2D eigenvalue weighted by Gasteiger charge is -2.32. The summed E-state index contributed by atoms with van der Waals surface area (Å²) < 4.78 is 0. The lowest BCUT2D eigenvalue weighted by Crippen LogP contribution is -2.53. The van der Waals surface area contributed by atoms with E-state index in [1.54, 1.807) is 0 Å². The van der Waals surface area contributed by atoms with Gasteiger partial charge in [-0.2, -0.15) is 0 Å². The molecule has 0 nitrogen and oxygen atoms in total. The maximum absolute atomic E-state index is 2.45. The third-order valence-corrected chi connectivity index (χ3v) is 18.0. The molecule has 0 radical (unpaired) electrons. The van der Waals surface area contributed by atoms with Crippen LogP contribution < -0.4 is 115 Å². The third-order valence-electron chi connectivity index (χ3n) is 18.0. The fourth-order valence-corrected chi connectivity index (χ4v) is 13.0. The Morgan fingerprint density at radius 1 is 0.185 bits per heavy atom. The van der Waals surface area contributed by atoms with Gasteiger partial charge in [0, 0.05) is 0 Å². The molecule has 0 fully saturated rings. The Labute approximate surface area is 406 Å². The van der Waals surface area contributed by atoms with Crippen LogP contribution in [0.1, 0.15) is 0 Å². The standard InChI is InChI=1S/C44H49B21/c45-24-17(31(52)32(53)19-18(24)33(54)34(55)20(25(19)46)21-26(47)22-23(36(57)35(21)56)38(59)44(65)43(64)37(22)58)12-15-13(27(48)39(60)41(62)29(15)50)11(10-6-5-8-3-1-2-4-9(8)7-10)14-16(12)30(51)42(63)40(61)28(14)49/h1-7H,45-65H2. The summed E-state index contributed by atoms with van der Waals surface area (Å²) in [6.45, 7) is 0. The van der Waals surface area contributed by atoms with Crippen molar-refractivity contribution in [1.82, 2.24) is 0 Å². The van der Waals surface area contributed by atoms with Gasteiger partial charge in [-0.1, -0.05) is 118 Å². The van der Waals surface area contributed by atoms with Crippen LogP contribution in [-0.4, -0.2) is 165 Å². The van der Waals surface area contributed by atoms with Gasteiger partial charge in [0.05, 0.1) is 0 Å². The maximum Gasteiger partial charge on any atom is 0.140 e. The van der Waals surface area contributed by atoms with Crippen molar-refractivity contribution < 1.29 is 0 Å². The highest BCUT2D eigenvalue weighted by atomic mass is 14.3. The molecular weight excluding hydrogens is 756 g/mol. The molecule has 9 rings (SSSR count). The Morgan fingerprint density at radius 2 is 0.446 bits per heavy atom. The van der Waals surface area contributed by atoms with Crippen LogP contribution in [0, 0.1) is 0 Å². The molecule has 65 heavy (non-hydrogen) atoms. The van der Waals surface area contributed by atoms with Crippen molar-refractivity contribution in [2.24, 2.45) is 0 Å². The summed E-state index contributed by atoms with van der Waals surface area (Å²) in [6.07, 6.45) is 0. The molecule has 0 N–H and O–H groups in total. The zero-order valence-corrected chi connectivity index (χ0v) is 43.5. The fraction of sp³-hybridized carbons (Fsp3) is 0. The minimum absolute atomic E-state index is 1.28. The molecule has 0 aliphatic rings. The molecule has 0 amide bonds. The van der Waals surface area contributed by atoms with Crippen molar-refractivity contribution in [3.63, 3.8) is 0 Å². The molecule has 0 spiro atoms. The topological polar surface area (TPSA) is 0 Å². The lowest BCUT2D eigenvalue weighted by molar-refractivity contribution is 1.73. The summed E-state index contributed by atoms with van der Waals surface area (Å²) in [5.41, 5.74) is 37.8. The molecule has 0 atom stereocenters. The van der Waals surface area contributed by atoms with E-state index in [2.05, 4.69) is 207 Å². The molecule has 0 heterocycles. The Hall–Kier alpha value is -4.36. The van der Waals surface area contributed by atoms with Crippen molar-refractivity contribution in [1.29, 1.82) is 0 Å². The van der Waals surface area contributed by atoms with E-state index in [0.717, 1.165) is 0 Å². The molecule has 0 unspecified atom stereocenters. The Morgan fingerprint density at radius 3 is 0.800 bits per heavy atom. The van der Waals surface area contributed by atoms with Crippen molar-refractivity contribution >= 4 is 333 Å². The largest absolute Gasteiger partial charge is 0.140 e. The average molecular weight is 805 g/mol. The first-order valence-corrected chi connectivity index (χ1v) is 24.1. The quantitative estimate of drug-likeness (QED) is 0.123. The van der Waals surface area contributed by atoms with Crippen LogP contribution >= 0.6 is 0 Å². The molecule has 0 aromatic heterocycles. The van der Waals surface area contributed by atoms with Crippen LogP contribution in [0.3, 0.4) is 0 Å². The molecule has 0 saturated carbocycles. The van der Waals surface area contributed by atoms with Crippen molar-refractivity contribution in [3.05, 3.63) is 42.5 Å². The normalized spacial score (nSPS) is 11.8. The van der Waals surface area contributed by atoms with Gasteiger partial charge in [0.25, 0.3) is 0 Å². The monoisotopic (exact) mass is 809 g/mol. The predicted molar refractivity (Wildman–Crippen MR) is 362 cm³/mol. The van der Waals surface area contributed by atoms with Crippen molar-refractivity contribution in [2.45, 2.75) is 0 Å². The van der Waals surface area contributed by atoms with E-state index in [9.17, 15) is 0 Å². The van der Waals surface area contributed by atoms with E-state index in [1.165, 1.54) is 202 Å². The number of fused-ring (bicyclic) bond motifs is 5.